The average Bonchev–Trinajstić information content (AvgIpc) is 3.41. The summed E-state index contributed by atoms with van der Waals surface area (Å²) in [5.41, 5.74) is -0.330. The number of thiocarbonyl (C=S) groups is 1. The van der Waals surface area contributed by atoms with Gasteiger partial charge >= 0.3 is 6.18 Å². The summed E-state index contributed by atoms with van der Waals surface area (Å²) in [6.07, 6.45) is -0.866. The van der Waals surface area contributed by atoms with Crippen LogP contribution in [0, 0.1) is 11.3 Å². The molecule has 3 aliphatic heterocycles. The number of carbonyl (C=O) groups excluding carboxylic acids is 1. The van der Waals surface area contributed by atoms with Crippen molar-refractivity contribution in [2.75, 3.05) is 47.0 Å². The maximum absolute atomic E-state index is 14.2. The van der Waals surface area contributed by atoms with Gasteiger partial charge in [-0.15, -0.1) is 0 Å². The van der Waals surface area contributed by atoms with Crippen LogP contribution in [0.3, 0.4) is 0 Å². The minimum absolute atomic E-state index is 0.00142. The quantitative estimate of drug-likeness (QED) is 0.561. The van der Waals surface area contributed by atoms with Crippen molar-refractivity contribution in [3.05, 3.63) is 29.1 Å². The van der Waals surface area contributed by atoms with E-state index in [0.717, 1.165) is 25.1 Å². The molecule has 1 aromatic heterocycles. The van der Waals surface area contributed by atoms with Crippen molar-refractivity contribution in [1.29, 1.82) is 0 Å². The second-order valence-electron chi connectivity index (χ2n) is 10.6. The van der Waals surface area contributed by atoms with E-state index in [1.807, 2.05) is 0 Å². The van der Waals surface area contributed by atoms with Gasteiger partial charge in [0.1, 0.15) is 0 Å². The van der Waals surface area contributed by atoms with Crippen LogP contribution < -0.4 is 10.6 Å². The molecule has 0 spiro atoms. The third-order valence-corrected chi connectivity index (χ3v) is 8.98. The lowest BCUT2D eigenvalue weighted by atomic mass is 9.78. The van der Waals surface area contributed by atoms with E-state index in [-0.39, 0.29) is 36.6 Å². The van der Waals surface area contributed by atoms with E-state index in [1.165, 1.54) is 0 Å². The highest BCUT2D eigenvalue weighted by atomic mass is 32.1. The number of likely N-dealkylation sites (tertiary alicyclic amines) is 1. The minimum atomic E-state index is -4.47. The highest BCUT2D eigenvalue weighted by molar-refractivity contribution is 7.80. The molecule has 1 amide bonds. The van der Waals surface area contributed by atoms with Crippen molar-refractivity contribution < 1.29 is 27.4 Å². The Balaban J connectivity index is 1.37. The van der Waals surface area contributed by atoms with Gasteiger partial charge in [0.05, 0.1) is 23.7 Å². The van der Waals surface area contributed by atoms with Gasteiger partial charge < -0.3 is 29.9 Å². The standard InChI is InChI=1S/C25H34F3N5O3S/c1-29-23(37)33-12-17-8-18(31-20-4-6-36-13-21(20)35-2)9-24(17,14-33)22(34)32-5-3-19-15(11-32)7-16(10-30-19)25(26,27)28/h7,10,17-18,20-21,31H,3-6,8-9,11-14H2,1-2H3,(H,29,37)/t17-,18+,20?,21?,24-/m0/s1. The van der Waals surface area contributed by atoms with Crippen LogP contribution in [0.15, 0.2) is 12.3 Å². The fraction of sp³-hybridized carbons (Fsp3) is 0.720. The second kappa shape index (κ2) is 10.3. The molecule has 5 atom stereocenters. The highest BCUT2D eigenvalue weighted by Gasteiger charge is 2.59. The Kier molecular flexibility index (Phi) is 7.38. The second-order valence-corrected chi connectivity index (χ2v) is 11.0. The van der Waals surface area contributed by atoms with Crippen LogP contribution in [0.1, 0.15) is 36.1 Å². The summed E-state index contributed by atoms with van der Waals surface area (Å²) < 4.78 is 51.1. The van der Waals surface area contributed by atoms with Gasteiger partial charge in [0.25, 0.3) is 0 Å². The maximum Gasteiger partial charge on any atom is 0.417 e. The zero-order chi connectivity index (χ0) is 26.4. The smallest absolute Gasteiger partial charge is 0.379 e. The molecular formula is C25H34F3N5O3S. The lowest BCUT2D eigenvalue weighted by Gasteiger charge is -2.38. The molecule has 0 radical (unpaired) electrons. The molecule has 8 nitrogen and oxygen atoms in total. The third-order valence-electron chi connectivity index (χ3n) is 8.51. The first-order chi connectivity index (χ1) is 17.6. The predicted molar refractivity (Wildman–Crippen MR) is 134 cm³/mol. The summed E-state index contributed by atoms with van der Waals surface area (Å²) in [5.74, 6) is 0.0900. The van der Waals surface area contributed by atoms with Crippen LogP contribution >= 0.6 is 12.2 Å². The number of aromatic nitrogens is 1. The topological polar surface area (TPSA) is 79.0 Å². The zero-order valence-electron chi connectivity index (χ0n) is 21.1. The summed E-state index contributed by atoms with van der Waals surface area (Å²) >= 11 is 5.51. The maximum atomic E-state index is 14.2. The van der Waals surface area contributed by atoms with E-state index in [1.54, 1.807) is 19.1 Å². The lowest BCUT2D eigenvalue weighted by molar-refractivity contribution is -0.143. The molecule has 1 aromatic rings. The van der Waals surface area contributed by atoms with Crippen molar-refractivity contribution >= 4 is 23.2 Å². The van der Waals surface area contributed by atoms with Crippen LogP contribution in [-0.2, 0) is 33.4 Å². The molecule has 5 rings (SSSR count). The number of nitrogens with zero attached hydrogens (tertiary/aromatic N) is 3. The molecule has 2 unspecified atom stereocenters. The number of fused-ring (bicyclic) bond motifs is 2. The first-order valence-corrected chi connectivity index (χ1v) is 13.2. The van der Waals surface area contributed by atoms with Crippen LogP contribution in [-0.4, -0.2) is 91.0 Å². The zero-order valence-corrected chi connectivity index (χ0v) is 22.0. The lowest BCUT2D eigenvalue weighted by Crippen LogP contribution is -2.52. The molecule has 4 aliphatic rings. The number of alkyl halides is 3. The average molecular weight is 542 g/mol. The SMILES string of the molecule is CNC(=S)N1C[C@@H]2C[C@@H](NC3CCOCC3OC)C[C@]2(C(=O)N2CCc3ncc(C(F)(F)F)cc3C2)C1. The number of hydrogen-bond donors (Lipinski definition) is 2. The van der Waals surface area contributed by atoms with E-state index < -0.39 is 17.2 Å². The first kappa shape index (κ1) is 26.6. The van der Waals surface area contributed by atoms with Crippen molar-refractivity contribution in [3.63, 3.8) is 0 Å². The van der Waals surface area contributed by atoms with Crippen molar-refractivity contribution in [3.8, 4) is 0 Å². The number of carbonyl (C=O) groups is 1. The monoisotopic (exact) mass is 541 g/mol. The van der Waals surface area contributed by atoms with E-state index in [0.29, 0.717) is 62.1 Å². The van der Waals surface area contributed by atoms with Gasteiger partial charge in [0.15, 0.2) is 5.11 Å². The molecule has 2 N–H and O–H groups in total. The molecule has 0 aromatic carbocycles. The van der Waals surface area contributed by atoms with E-state index >= 15 is 0 Å². The van der Waals surface area contributed by atoms with Gasteiger partial charge in [0, 0.05) is 77.3 Å². The van der Waals surface area contributed by atoms with Crippen molar-refractivity contribution in [1.82, 2.24) is 25.4 Å². The summed E-state index contributed by atoms with van der Waals surface area (Å²) in [6.45, 7) is 2.97. The Morgan fingerprint density at radius 2 is 2.16 bits per heavy atom. The fourth-order valence-electron chi connectivity index (χ4n) is 6.65. The highest BCUT2D eigenvalue weighted by Crippen LogP contribution is 2.50. The number of hydrogen-bond acceptors (Lipinski definition) is 6. The Hall–Kier alpha value is -2.02. The van der Waals surface area contributed by atoms with Crippen LogP contribution in [0.4, 0.5) is 13.2 Å². The number of methoxy groups -OCH3 is 1. The van der Waals surface area contributed by atoms with Crippen LogP contribution in [0.2, 0.25) is 0 Å². The number of pyridine rings is 1. The van der Waals surface area contributed by atoms with Crippen molar-refractivity contribution in [2.45, 2.75) is 56.6 Å². The molecule has 4 heterocycles. The molecule has 2 saturated heterocycles. The van der Waals surface area contributed by atoms with Crippen LogP contribution in [0.25, 0.3) is 0 Å². The fourth-order valence-corrected chi connectivity index (χ4v) is 6.79. The van der Waals surface area contributed by atoms with Crippen LogP contribution in [0.5, 0.6) is 0 Å². The largest absolute Gasteiger partial charge is 0.417 e. The molecule has 37 heavy (non-hydrogen) atoms. The van der Waals surface area contributed by atoms with Gasteiger partial charge in [-0.1, -0.05) is 0 Å². The van der Waals surface area contributed by atoms with Gasteiger partial charge in [-0.05, 0) is 49.0 Å². The summed E-state index contributed by atoms with van der Waals surface area (Å²) in [7, 11) is 3.46. The molecule has 1 saturated carbocycles. The Labute approximate surface area is 220 Å². The Morgan fingerprint density at radius 3 is 2.89 bits per heavy atom. The van der Waals surface area contributed by atoms with Gasteiger partial charge in [-0.2, -0.15) is 13.2 Å². The normalized spacial score (nSPS) is 31.7. The number of rotatable bonds is 4. The summed E-state index contributed by atoms with van der Waals surface area (Å²) in [6, 6.07) is 1.43. The third kappa shape index (κ3) is 5.05. The minimum Gasteiger partial charge on any atom is -0.379 e. The van der Waals surface area contributed by atoms with Gasteiger partial charge in [-0.3, -0.25) is 9.78 Å². The molecular weight excluding hydrogens is 507 g/mol. The first-order valence-electron chi connectivity index (χ1n) is 12.8. The molecule has 3 fully saturated rings. The number of nitrogens with one attached hydrogen (secondary N) is 2. The summed E-state index contributed by atoms with van der Waals surface area (Å²) in [4.78, 5) is 22.1. The molecule has 0 bridgehead atoms. The number of amides is 1. The van der Waals surface area contributed by atoms with Gasteiger partial charge in [0.2, 0.25) is 5.91 Å². The number of ether oxygens (including phenoxy) is 2. The van der Waals surface area contributed by atoms with Crippen molar-refractivity contribution in [2.24, 2.45) is 11.3 Å². The van der Waals surface area contributed by atoms with E-state index in [4.69, 9.17) is 21.7 Å². The van der Waals surface area contributed by atoms with Gasteiger partial charge in [-0.25, -0.2) is 0 Å². The Bertz CT molecular complexity index is 1040. The summed E-state index contributed by atoms with van der Waals surface area (Å²) in [5, 5.41) is 7.39. The molecule has 1 aliphatic carbocycles. The number of halogens is 3. The molecule has 204 valence electrons. The predicted octanol–water partition coefficient (Wildman–Crippen LogP) is 1.96. The molecule has 12 heteroatoms. The van der Waals surface area contributed by atoms with E-state index in [2.05, 4.69) is 20.5 Å². The Morgan fingerprint density at radius 1 is 1.35 bits per heavy atom. The van der Waals surface area contributed by atoms with E-state index in [9.17, 15) is 18.0 Å².